The van der Waals surface area contributed by atoms with E-state index in [4.69, 9.17) is 14.2 Å². The minimum atomic E-state index is -0.792. The topological polar surface area (TPSA) is 78.9 Å². The van der Waals surface area contributed by atoms with E-state index in [0.29, 0.717) is 19.3 Å². The highest BCUT2D eigenvalue weighted by Crippen LogP contribution is 2.14. The normalized spacial score (nSPS) is 12.5. The zero-order chi connectivity index (χ0) is 45.1. The van der Waals surface area contributed by atoms with Crippen molar-refractivity contribution in [2.24, 2.45) is 0 Å². The van der Waals surface area contributed by atoms with Gasteiger partial charge in [0.25, 0.3) is 0 Å². The fourth-order valence-electron chi connectivity index (χ4n) is 7.27. The van der Waals surface area contributed by atoms with Gasteiger partial charge in [0.1, 0.15) is 13.2 Å². The molecule has 0 aromatic heterocycles. The van der Waals surface area contributed by atoms with Crippen LogP contribution in [0.3, 0.4) is 0 Å². The maximum Gasteiger partial charge on any atom is 0.306 e. The lowest BCUT2D eigenvalue weighted by Crippen LogP contribution is -2.30. The van der Waals surface area contributed by atoms with Gasteiger partial charge in [0.2, 0.25) is 0 Å². The Bertz CT molecular complexity index is 1130. The van der Waals surface area contributed by atoms with Gasteiger partial charge in [-0.2, -0.15) is 0 Å². The smallest absolute Gasteiger partial charge is 0.306 e. The lowest BCUT2D eigenvalue weighted by atomic mass is 10.1. The van der Waals surface area contributed by atoms with E-state index in [2.05, 4.69) is 81.5 Å². The summed E-state index contributed by atoms with van der Waals surface area (Å²) in [5.41, 5.74) is 0. The molecule has 358 valence electrons. The summed E-state index contributed by atoms with van der Waals surface area (Å²) in [6.45, 7) is 6.48. The van der Waals surface area contributed by atoms with Crippen LogP contribution in [-0.2, 0) is 28.6 Å². The minimum absolute atomic E-state index is 0.0900. The summed E-state index contributed by atoms with van der Waals surface area (Å²) in [5.74, 6) is -0.929. The first-order valence-electron chi connectivity index (χ1n) is 26.3. The molecule has 6 heteroatoms. The fraction of sp³-hybridized carbons (Fsp3) is 0.768. The Balaban J connectivity index is 4.41. The Morgan fingerprint density at radius 2 is 0.629 bits per heavy atom. The summed E-state index contributed by atoms with van der Waals surface area (Å²) in [6.07, 6.45) is 62.0. The Morgan fingerprint density at radius 3 is 1.02 bits per heavy atom. The minimum Gasteiger partial charge on any atom is -0.462 e. The molecule has 0 bridgehead atoms. The van der Waals surface area contributed by atoms with Gasteiger partial charge in [-0.3, -0.25) is 14.4 Å². The SMILES string of the molecule is CC/C=C\C/C=C\C/C=C\CCCCCCC(=O)OC(COC(=O)CCCCC/C=C\CCCCCCCC)COC(=O)CCCCCCCCC/C=C\CCCCCCCC. The van der Waals surface area contributed by atoms with Crippen LogP contribution in [0, 0.1) is 0 Å². The zero-order valence-electron chi connectivity index (χ0n) is 40.9. The number of rotatable bonds is 47. The third-order valence-electron chi connectivity index (χ3n) is 11.2. The molecule has 0 aliphatic rings. The number of ether oxygens (including phenoxy) is 3. The molecule has 0 radical (unpaired) electrons. The van der Waals surface area contributed by atoms with Crippen molar-refractivity contribution in [2.45, 2.75) is 264 Å². The fourth-order valence-corrected chi connectivity index (χ4v) is 7.27. The predicted octanol–water partition coefficient (Wildman–Crippen LogP) is 17.3. The summed E-state index contributed by atoms with van der Waals surface area (Å²) in [7, 11) is 0. The molecule has 0 aliphatic carbocycles. The van der Waals surface area contributed by atoms with E-state index in [-0.39, 0.29) is 31.1 Å². The van der Waals surface area contributed by atoms with Crippen LogP contribution in [0.2, 0.25) is 0 Å². The molecule has 0 spiro atoms. The molecule has 0 fully saturated rings. The van der Waals surface area contributed by atoms with Crippen LogP contribution in [0.5, 0.6) is 0 Å². The molecule has 0 rings (SSSR count). The van der Waals surface area contributed by atoms with E-state index >= 15 is 0 Å². The molecule has 0 saturated carbocycles. The van der Waals surface area contributed by atoms with Gasteiger partial charge in [-0.05, 0) is 103 Å². The number of esters is 3. The summed E-state index contributed by atoms with van der Waals surface area (Å²) >= 11 is 0. The Labute approximate surface area is 383 Å². The molecule has 1 atom stereocenters. The van der Waals surface area contributed by atoms with Crippen molar-refractivity contribution in [1.82, 2.24) is 0 Å². The Kier molecular flexibility index (Phi) is 48.4. The average molecular weight is 867 g/mol. The number of allylic oxidation sites excluding steroid dienone is 10. The first kappa shape index (κ1) is 59.1. The maximum absolute atomic E-state index is 12.8. The van der Waals surface area contributed by atoms with E-state index < -0.39 is 6.10 Å². The molecule has 0 heterocycles. The Morgan fingerprint density at radius 1 is 0.339 bits per heavy atom. The Hall–Kier alpha value is -2.89. The molecule has 0 aliphatic heterocycles. The van der Waals surface area contributed by atoms with Crippen molar-refractivity contribution in [3.05, 3.63) is 60.8 Å². The molecule has 62 heavy (non-hydrogen) atoms. The highest BCUT2D eigenvalue weighted by atomic mass is 16.6. The molecular formula is C56H98O6. The van der Waals surface area contributed by atoms with E-state index in [0.717, 1.165) is 103 Å². The monoisotopic (exact) mass is 867 g/mol. The molecule has 6 nitrogen and oxygen atoms in total. The van der Waals surface area contributed by atoms with Crippen LogP contribution in [0.1, 0.15) is 258 Å². The highest BCUT2D eigenvalue weighted by molar-refractivity contribution is 5.71. The lowest BCUT2D eigenvalue weighted by Gasteiger charge is -2.18. The second-order valence-corrected chi connectivity index (χ2v) is 17.4. The van der Waals surface area contributed by atoms with Crippen molar-refractivity contribution in [3.63, 3.8) is 0 Å². The van der Waals surface area contributed by atoms with Crippen molar-refractivity contribution >= 4 is 17.9 Å². The van der Waals surface area contributed by atoms with Crippen LogP contribution >= 0.6 is 0 Å². The molecule has 0 amide bonds. The van der Waals surface area contributed by atoms with Crippen molar-refractivity contribution in [2.75, 3.05) is 13.2 Å². The third kappa shape index (κ3) is 48.1. The predicted molar refractivity (Wildman–Crippen MR) is 265 cm³/mol. The van der Waals surface area contributed by atoms with Crippen LogP contribution in [-0.4, -0.2) is 37.2 Å². The van der Waals surface area contributed by atoms with Gasteiger partial charge in [-0.25, -0.2) is 0 Å². The van der Waals surface area contributed by atoms with Crippen LogP contribution in [0.15, 0.2) is 60.8 Å². The maximum atomic E-state index is 12.8. The first-order chi connectivity index (χ1) is 30.5. The molecule has 0 aromatic carbocycles. The standard InChI is InChI=1S/C56H98O6/c1-4-7-10-13-16-19-22-25-27-28-29-32-34-37-40-43-46-49-55(58)61-52-53(51-60-54(57)48-45-42-39-36-33-30-24-21-18-15-12-9-6-3)62-56(59)50-47-44-41-38-35-31-26-23-20-17-14-11-8-5-2/h8,11,17,20,25-27,30-31,33,53H,4-7,9-10,12-16,18-19,21-24,28-29,32,34-52H2,1-3H3/b11-8-,20-17-,27-25-,31-26-,33-30-. The van der Waals surface area contributed by atoms with E-state index in [1.807, 2.05) is 0 Å². The van der Waals surface area contributed by atoms with Crippen molar-refractivity contribution in [1.29, 1.82) is 0 Å². The highest BCUT2D eigenvalue weighted by Gasteiger charge is 2.19. The van der Waals surface area contributed by atoms with Crippen LogP contribution in [0.4, 0.5) is 0 Å². The van der Waals surface area contributed by atoms with Gasteiger partial charge in [0.05, 0.1) is 0 Å². The zero-order valence-corrected chi connectivity index (χ0v) is 40.9. The summed E-state index contributed by atoms with van der Waals surface area (Å²) in [6, 6.07) is 0. The van der Waals surface area contributed by atoms with Crippen LogP contribution < -0.4 is 0 Å². The van der Waals surface area contributed by atoms with Gasteiger partial charge >= 0.3 is 17.9 Å². The van der Waals surface area contributed by atoms with E-state index in [1.54, 1.807) is 0 Å². The van der Waals surface area contributed by atoms with Gasteiger partial charge < -0.3 is 14.2 Å². The van der Waals surface area contributed by atoms with E-state index in [9.17, 15) is 14.4 Å². The summed E-state index contributed by atoms with van der Waals surface area (Å²) in [5, 5.41) is 0. The van der Waals surface area contributed by atoms with Crippen molar-refractivity contribution < 1.29 is 28.6 Å². The quantitative estimate of drug-likeness (QED) is 0.0262. The number of unbranched alkanes of at least 4 members (excludes halogenated alkanes) is 26. The number of carbonyl (C=O) groups is 3. The summed E-state index contributed by atoms with van der Waals surface area (Å²) < 4.78 is 16.8. The van der Waals surface area contributed by atoms with Gasteiger partial charge in [-0.15, -0.1) is 0 Å². The van der Waals surface area contributed by atoms with Crippen LogP contribution in [0.25, 0.3) is 0 Å². The summed E-state index contributed by atoms with van der Waals surface area (Å²) in [4.78, 5) is 38.0. The molecule has 0 saturated heterocycles. The number of hydrogen-bond donors (Lipinski definition) is 0. The van der Waals surface area contributed by atoms with Gasteiger partial charge in [0, 0.05) is 19.3 Å². The largest absolute Gasteiger partial charge is 0.462 e. The molecule has 0 aromatic rings. The van der Waals surface area contributed by atoms with E-state index in [1.165, 1.54) is 116 Å². The lowest BCUT2D eigenvalue weighted by molar-refractivity contribution is -0.167. The molecule has 1 unspecified atom stereocenters. The third-order valence-corrected chi connectivity index (χ3v) is 11.2. The van der Waals surface area contributed by atoms with Gasteiger partial charge in [0.15, 0.2) is 6.10 Å². The second-order valence-electron chi connectivity index (χ2n) is 17.4. The molecular weight excluding hydrogens is 769 g/mol. The first-order valence-corrected chi connectivity index (χ1v) is 26.3. The van der Waals surface area contributed by atoms with Gasteiger partial charge in [-0.1, -0.05) is 197 Å². The second kappa shape index (κ2) is 50.8. The average Bonchev–Trinajstić information content (AvgIpc) is 3.27. The number of hydrogen-bond acceptors (Lipinski definition) is 6. The molecule has 0 N–H and O–H groups in total. The van der Waals surface area contributed by atoms with Crippen molar-refractivity contribution in [3.8, 4) is 0 Å². The number of carbonyl (C=O) groups excluding carboxylic acids is 3.